The molecule has 0 spiro atoms. The second-order valence-corrected chi connectivity index (χ2v) is 5.94. The van der Waals surface area contributed by atoms with Crippen molar-refractivity contribution in [2.45, 2.75) is 6.92 Å². The zero-order valence-electron chi connectivity index (χ0n) is 12.3. The minimum absolute atomic E-state index is 0.185. The summed E-state index contributed by atoms with van der Waals surface area (Å²) in [7, 11) is 3.97. The lowest BCUT2D eigenvalue weighted by Gasteiger charge is -2.16. The van der Waals surface area contributed by atoms with E-state index in [1.165, 1.54) is 0 Å². The average Bonchev–Trinajstić information content (AvgIpc) is 2.43. The van der Waals surface area contributed by atoms with Crippen LogP contribution in [-0.4, -0.2) is 20.0 Å². The molecule has 0 bridgehead atoms. The van der Waals surface area contributed by atoms with Crippen LogP contribution in [0.15, 0.2) is 40.9 Å². The quantitative estimate of drug-likeness (QED) is 0.833. The summed E-state index contributed by atoms with van der Waals surface area (Å²) >= 11 is 3.37. The molecule has 0 aliphatic carbocycles. The van der Waals surface area contributed by atoms with E-state index in [0.717, 1.165) is 21.4 Å². The fourth-order valence-corrected chi connectivity index (χ4v) is 2.40. The smallest absolute Gasteiger partial charge is 0.256 e. The predicted molar refractivity (Wildman–Crippen MR) is 92.0 cm³/mol. The van der Waals surface area contributed by atoms with Gasteiger partial charge in [-0.3, -0.25) is 4.79 Å². The largest absolute Gasteiger partial charge is 0.399 e. The van der Waals surface area contributed by atoms with E-state index in [4.69, 9.17) is 5.73 Å². The van der Waals surface area contributed by atoms with Crippen molar-refractivity contribution in [3.8, 4) is 0 Å². The molecule has 0 atom stereocenters. The van der Waals surface area contributed by atoms with Gasteiger partial charge in [-0.05, 0) is 64.8 Å². The number of halogens is 1. The Morgan fingerprint density at radius 1 is 1.19 bits per heavy atom. The fraction of sp³-hybridized carbons (Fsp3) is 0.188. The van der Waals surface area contributed by atoms with Crippen LogP contribution in [-0.2, 0) is 0 Å². The third-order valence-electron chi connectivity index (χ3n) is 3.21. The number of nitrogen functional groups attached to an aromatic ring is 1. The van der Waals surface area contributed by atoms with E-state index >= 15 is 0 Å². The van der Waals surface area contributed by atoms with Gasteiger partial charge in [-0.25, -0.2) is 0 Å². The van der Waals surface area contributed by atoms with Crippen molar-refractivity contribution in [3.05, 3.63) is 52.0 Å². The van der Waals surface area contributed by atoms with Crippen molar-refractivity contribution in [3.63, 3.8) is 0 Å². The molecule has 2 aromatic rings. The number of anilines is 3. The van der Waals surface area contributed by atoms with E-state index in [9.17, 15) is 4.79 Å². The van der Waals surface area contributed by atoms with Crippen LogP contribution < -0.4 is 16.0 Å². The zero-order valence-corrected chi connectivity index (χ0v) is 13.9. The van der Waals surface area contributed by atoms with Gasteiger partial charge in [0, 0.05) is 35.6 Å². The van der Waals surface area contributed by atoms with Gasteiger partial charge in [0.15, 0.2) is 0 Å². The fourth-order valence-electron chi connectivity index (χ4n) is 1.97. The molecule has 0 unspecified atom stereocenters. The van der Waals surface area contributed by atoms with Crippen molar-refractivity contribution < 1.29 is 4.79 Å². The number of amides is 1. The Balaban J connectivity index is 2.25. The molecule has 0 aliphatic heterocycles. The summed E-state index contributed by atoms with van der Waals surface area (Å²) < 4.78 is 0.719. The van der Waals surface area contributed by atoms with Gasteiger partial charge in [-0.15, -0.1) is 0 Å². The number of benzene rings is 2. The maximum Gasteiger partial charge on any atom is 0.256 e. The molecule has 2 rings (SSSR count). The molecule has 0 heterocycles. The number of aryl methyl sites for hydroxylation is 1. The number of hydrogen-bond donors (Lipinski definition) is 2. The van der Waals surface area contributed by atoms with Gasteiger partial charge >= 0.3 is 0 Å². The minimum atomic E-state index is -0.185. The molecule has 110 valence electrons. The first-order chi connectivity index (χ1) is 9.88. The van der Waals surface area contributed by atoms with Gasteiger partial charge in [-0.2, -0.15) is 0 Å². The van der Waals surface area contributed by atoms with E-state index in [-0.39, 0.29) is 5.91 Å². The summed E-state index contributed by atoms with van der Waals surface area (Å²) in [5, 5.41) is 2.92. The van der Waals surface area contributed by atoms with Crippen LogP contribution in [0.3, 0.4) is 0 Å². The van der Waals surface area contributed by atoms with E-state index < -0.39 is 0 Å². The highest BCUT2D eigenvalue weighted by Crippen LogP contribution is 2.24. The van der Waals surface area contributed by atoms with Gasteiger partial charge in [0.2, 0.25) is 0 Å². The normalized spacial score (nSPS) is 10.3. The maximum absolute atomic E-state index is 12.4. The molecule has 2 aromatic carbocycles. The van der Waals surface area contributed by atoms with Crippen LogP contribution >= 0.6 is 15.9 Å². The Kier molecular flexibility index (Phi) is 4.53. The summed E-state index contributed by atoms with van der Waals surface area (Å²) in [6, 6.07) is 11.1. The first-order valence-corrected chi connectivity index (χ1v) is 7.32. The SMILES string of the molecule is Cc1cc(N(C)C)ccc1NC(=O)c1cc(N)ccc1Br. The first kappa shape index (κ1) is 15.4. The first-order valence-electron chi connectivity index (χ1n) is 6.53. The summed E-state index contributed by atoms with van der Waals surface area (Å²) in [6.07, 6.45) is 0. The number of carbonyl (C=O) groups is 1. The summed E-state index contributed by atoms with van der Waals surface area (Å²) in [6.45, 7) is 1.97. The maximum atomic E-state index is 12.4. The van der Waals surface area contributed by atoms with E-state index in [2.05, 4.69) is 21.2 Å². The molecule has 0 saturated heterocycles. The lowest BCUT2D eigenvalue weighted by molar-refractivity contribution is 0.102. The van der Waals surface area contributed by atoms with Crippen LogP contribution in [0.25, 0.3) is 0 Å². The predicted octanol–water partition coefficient (Wildman–Crippen LogP) is 3.66. The number of nitrogens with two attached hydrogens (primary N) is 1. The Morgan fingerprint density at radius 3 is 2.52 bits per heavy atom. The summed E-state index contributed by atoms with van der Waals surface area (Å²) in [5.74, 6) is -0.185. The Hall–Kier alpha value is -2.01. The van der Waals surface area contributed by atoms with Crippen LogP contribution in [0.1, 0.15) is 15.9 Å². The van der Waals surface area contributed by atoms with Gasteiger partial charge in [0.25, 0.3) is 5.91 Å². The number of rotatable bonds is 3. The lowest BCUT2D eigenvalue weighted by Crippen LogP contribution is -2.14. The van der Waals surface area contributed by atoms with Crippen LogP contribution in [0.4, 0.5) is 17.1 Å². The second kappa shape index (κ2) is 6.18. The molecule has 21 heavy (non-hydrogen) atoms. The Bertz CT molecular complexity index is 683. The summed E-state index contributed by atoms with van der Waals surface area (Å²) in [5.41, 5.74) is 9.71. The highest BCUT2D eigenvalue weighted by atomic mass is 79.9. The second-order valence-electron chi connectivity index (χ2n) is 5.09. The van der Waals surface area contributed by atoms with Crippen LogP contribution in [0.5, 0.6) is 0 Å². The number of hydrogen-bond acceptors (Lipinski definition) is 3. The Labute approximate surface area is 133 Å². The molecule has 0 aliphatic rings. The monoisotopic (exact) mass is 347 g/mol. The third-order valence-corrected chi connectivity index (χ3v) is 3.90. The molecular formula is C16H18BrN3O. The third kappa shape index (κ3) is 3.55. The molecule has 0 radical (unpaired) electrons. The number of carbonyl (C=O) groups excluding carboxylic acids is 1. The van der Waals surface area contributed by atoms with Gasteiger partial charge in [0.1, 0.15) is 0 Å². The van der Waals surface area contributed by atoms with Gasteiger partial charge in [-0.1, -0.05) is 0 Å². The Morgan fingerprint density at radius 2 is 1.90 bits per heavy atom. The molecular weight excluding hydrogens is 330 g/mol. The molecule has 1 amide bonds. The van der Waals surface area contributed by atoms with Crippen molar-refractivity contribution in [2.24, 2.45) is 0 Å². The van der Waals surface area contributed by atoms with E-state index in [0.29, 0.717) is 11.3 Å². The van der Waals surface area contributed by atoms with Gasteiger partial charge < -0.3 is 16.0 Å². The summed E-state index contributed by atoms with van der Waals surface area (Å²) in [4.78, 5) is 14.4. The van der Waals surface area contributed by atoms with E-state index in [1.807, 2.05) is 44.1 Å². The minimum Gasteiger partial charge on any atom is -0.399 e. The molecule has 0 saturated carbocycles. The average molecular weight is 348 g/mol. The molecule has 4 nitrogen and oxygen atoms in total. The van der Waals surface area contributed by atoms with Crippen molar-refractivity contribution in [1.29, 1.82) is 0 Å². The highest BCUT2D eigenvalue weighted by Gasteiger charge is 2.12. The topological polar surface area (TPSA) is 58.4 Å². The lowest BCUT2D eigenvalue weighted by atomic mass is 10.1. The van der Waals surface area contributed by atoms with E-state index in [1.54, 1.807) is 18.2 Å². The standard InChI is InChI=1S/C16H18BrN3O/c1-10-8-12(20(2)3)5-7-15(10)19-16(21)13-9-11(18)4-6-14(13)17/h4-9H,18H2,1-3H3,(H,19,21). The van der Waals surface area contributed by atoms with Crippen LogP contribution in [0, 0.1) is 6.92 Å². The number of nitrogens with one attached hydrogen (secondary N) is 1. The highest BCUT2D eigenvalue weighted by molar-refractivity contribution is 9.10. The molecule has 3 N–H and O–H groups in total. The van der Waals surface area contributed by atoms with Crippen molar-refractivity contribution in [2.75, 3.05) is 30.0 Å². The van der Waals surface area contributed by atoms with Crippen molar-refractivity contribution >= 4 is 38.9 Å². The van der Waals surface area contributed by atoms with Crippen molar-refractivity contribution in [1.82, 2.24) is 0 Å². The molecule has 0 fully saturated rings. The zero-order chi connectivity index (χ0) is 15.6. The van der Waals surface area contributed by atoms with Gasteiger partial charge in [0.05, 0.1) is 5.56 Å². The molecule has 0 aromatic heterocycles. The van der Waals surface area contributed by atoms with Crippen LogP contribution in [0.2, 0.25) is 0 Å². The molecule has 5 heteroatoms. The number of nitrogens with zero attached hydrogens (tertiary/aromatic N) is 1.